The molecule has 0 aromatic heterocycles. The molecule has 0 saturated carbocycles. The molecule has 2 fully saturated rings. The van der Waals surface area contributed by atoms with Crippen LogP contribution in [0.2, 0.25) is 0 Å². The third-order valence-corrected chi connectivity index (χ3v) is 9.95. The van der Waals surface area contributed by atoms with Gasteiger partial charge >= 0.3 is 18.2 Å². The van der Waals surface area contributed by atoms with Gasteiger partial charge in [-0.2, -0.15) is 0 Å². The van der Waals surface area contributed by atoms with Gasteiger partial charge < -0.3 is 44.7 Å². The third-order valence-electron chi connectivity index (χ3n) is 9.95. The maximum absolute atomic E-state index is 14.6. The molecule has 328 valence electrons. The lowest BCUT2D eigenvalue weighted by molar-refractivity contribution is -0.165. The SMILES string of the molecule is C=C[C@@H]1CCN([C@@H](CCCCNC(=O)OCc2ccccc2)C(=O)N2CCC[C@H]2C(=O)OC(C)(C)C)C(=O)[C@H]1NC(=O)[C@H](COCc1ccccc1)NC(=O)OC(C)(C)C. The lowest BCUT2D eigenvalue weighted by Gasteiger charge is -2.42. The molecule has 2 aromatic rings. The molecular weight excluding hydrogens is 771 g/mol. The van der Waals surface area contributed by atoms with Crippen molar-refractivity contribution in [2.24, 2.45) is 5.92 Å². The van der Waals surface area contributed by atoms with Crippen LogP contribution in [0.3, 0.4) is 0 Å². The Labute approximate surface area is 353 Å². The zero-order valence-corrected chi connectivity index (χ0v) is 35.9. The van der Waals surface area contributed by atoms with Crippen LogP contribution in [0.1, 0.15) is 91.2 Å². The Balaban J connectivity index is 1.50. The molecule has 5 amide bonds. The van der Waals surface area contributed by atoms with Crippen LogP contribution in [0.5, 0.6) is 0 Å². The van der Waals surface area contributed by atoms with E-state index >= 15 is 0 Å². The Hall–Kier alpha value is -5.44. The molecule has 2 aromatic carbocycles. The molecule has 0 aliphatic carbocycles. The molecule has 2 heterocycles. The first-order chi connectivity index (χ1) is 28.5. The van der Waals surface area contributed by atoms with E-state index in [2.05, 4.69) is 22.5 Å². The number of carbonyl (C=O) groups excluding carboxylic acids is 6. The number of alkyl carbamates (subject to hydrolysis) is 2. The van der Waals surface area contributed by atoms with Crippen molar-refractivity contribution in [2.45, 2.75) is 129 Å². The topological polar surface area (TPSA) is 182 Å². The average Bonchev–Trinajstić information content (AvgIpc) is 3.69. The van der Waals surface area contributed by atoms with Gasteiger partial charge in [-0.3, -0.25) is 14.4 Å². The van der Waals surface area contributed by atoms with Gasteiger partial charge in [0.1, 0.15) is 42.0 Å². The fourth-order valence-corrected chi connectivity index (χ4v) is 7.09. The molecular formula is C45H63N5O10. The predicted octanol–water partition coefficient (Wildman–Crippen LogP) is 5.41. The monoisotopic (exact) mass is 833 g/mol. The maximum Gasteiger partial charge on any atom is 0.408 e. The minimum Gasteiger partial charge on any atom is -0.458 e. The number of benzene rings is 2. The summed E-state index contributed by atoms with van der Waals surface area (Å²) in [5, 5.41) is 8.16. The van der Waals surface area contributed by atoms with E-state index < -0.39 is 77.2 Å². The highest BCUT2D eigenvalue weighted by Crippen LogP contribution is 2.28. The second kappa shape index (κ2) is 22.2. The van der Waals surface area contributed by atoms with Crippen LogP contribution in [0.4, 0.5) is 9.59 Å². The van der Waals surface area contributed by atoms with Crippen LogP contribution >= 0.6 is 0 Å². The van der Waals surface area contributed by atoms with Gasteiger partial charge in [0, 0.05) is 25.6 Å². The van der Waals surface area contributed by atoms with Crippen LogP contribution in [-0.2, 0) is 51.3 Å². The molecule has 3 N–H and O–H groups in total. The number of hydrogen-bond acceptors (Lipinski definition) is 10. The van der Waals surface area contributed by atoms with Crippen molar-refractivity contribution in [1.82, 2.24) is 25.8 Å². The van der Waals surface area contributed by atoms with Gasteiger partial charge in [0.05, 0.1) is 13.2 Å². The number of hydrogen-bond donors (Lipinski definition) is 3. The fraction of sp³-hybridized carbons (Fsp3) is 0.556. The van der Waals surface area contributed by atoms with Crippen molar-refractivity contribution in [3.63, 3.8) is 0 Å². The Bertz CT molecular complexity index is 1760. The summed E-state index contributed by atoms with van der Waals surface area (Å²) in [6.07, 6.45) is 2.70. The van der Waals surface area contributed by atoms with Crippen molar-refractivity contribution in [3.8, 4) is 0 Å². The number of nitrogens with one attached hydrogen (secondary N) is 3. The normalized spacial score (nSPS) is 19.1. The molecule has 2 saturated heterocycles. The van der Waals surface area contributed by atoms with E-state index in [-0.39, 0.29) is 39.3 Å². The van der Waals surface area contributed by atoms with Crippen molar-refractivity contribution in [1.29, 1.82) is 0 Å². The number of rotatable bonds is 18. The summed E-state index contributed by atoms with van der Waals surface area (Å²) >= 11 is 0. The molecule has 0 spiro atoms. The third kappa shape index (κ3) is 15.0. The summed E-state index contributed by atoms with van der Waals surface area (Å²) in [5.74, 6) is -2.58. The van der Waals surface area contributed by atoms with Gasteiger partial charge in [0.25, 0.3) is 0 Å². The van der Waals surface area contributed by atoms with Gasteiger partial charge in [-0.1, -0.05) is 66.7 Å². The molecule has 0 unspecified atom stereocenters. The smallest absolute Gasteiger partial charge is 0.408 e. The predicted molar refractivity (Wildman–Crippen MR) is 224 cm³/mol. The van der Waals surface area contributed by atoms with Crippen LogP contribution in [0.25, 0.3) is 0 Å². The highest BCUT2D eigenvalue weighted by atomic mass is 16.6. The molecule has 15 heteroatoms. The van der Waals surface area contributed by atoms with Crippen molar-refractivity contribution in [2.75, 3.05) is 26.2 Å². The average molecular weight is 834 g/mol. The summed E-state index contributed by atoms with van der Waals surface area (Å²) in [6, 6.07) is 14.5. The molecule has 4 rings (SSSR count). The number of ether oxygens (including phenoxy) is 4. The van der Waals surface area contributed by atoms with Gasteiger partial charge in [-0.25, -0.2) is 14.4 Å². The molecule has 5 atom stereocenters. The number of amides is 5. The fourth-order valence-electron chi connectivity index (χ4n) is 7.09. The minimum absolute atomic E-state index is 0.122. The number of nitrogens with zero attached hydrogens (tertiary/aromatic N) is 2. The molecule has 2 aliphatic rings. The second-order valence-corrected chi connectivity index (χ2v) is 17.1. The maximum atomic E-state index is 14.6. The lowest BCUT2D eigenvalue weighted by atomic mass is 9.88. The largest absolute Gasteiger partial charge is 0.458 e. The van der Waals surface area contributed by atoms with Crippen molar-refractivity contribution in [3.05, 3.63) is 84.4 Å². The van der Waals surface area contributed by atoms with E-state index in [0.717, 1.165) is 11.1 Å². The summed E-state index contributed by atoms with van der Waals surface area (Å²) < 4.78 is 22.3. The first-order valence-corrected chi connectivity index (χ1v) is 20.8. The summed E-state index contributed by atoms with van der Waals surface area (Å²) in [4.78, 5) is 84.7. The Morgan fingerprint density at radius 2 is 1.47 bits per heavy atom. The number of esters is 1. The van der Waals surface area contributed by atoms with Gasteiger partial charge in [-0.05, 0) is 91.2 Å². The van der Waals surface area contributed by atoms with Crippen LogP contribution in [-0.4, -0.2) is 107 Å². The quantitative estimate of drug-likeness (QED) is 0.0760. The molecule has 15 nitrogen and oxygen atoms in total. The van der Waals surface area contributed by atoms with Crippen LogP contribution in [0, 0.1) is 5.92 Å². The number of likely N-dealkylation sites (tertiary alicyclic amines) is 2. The van der Waals surface area contributed by atoms with Gasteiger partial charge in [0.15, 0.2) is 0 Å². The molecule has 0 bridgehead atoms. The zero-order chi connectivity index (χ0) is 43.9. The van der Waals surface area contributed by atoms with Gasteiger partial charge in [-0.15, -0.1) is 6.58 Å². The number of unbranched alkanes of at least 4 members (excludes halogenated alkanes) is 1. The van der Waals surface area contributed by atoms with E-state index in [1.54, 1.807) is 47.6 Å². The Kier molecular flexibility index (Phi) is 17.5. The highest BCUT2D eigenvalue weighted by molar-refractivity contribution is 5.96. The van der Waals surface area contributed by atoms with Gasteiger partial charge in [0.2, 0.25) is 17.7 Å². The highest BCUT2D eigenvalue weighted by Gasteiger charge is 2.46. The molecule has 0 radical (unpaired) electrons. The van der Waals surface area contributed by atoms with Crippen LogP contribution in [0.15, 0.2) is 73.3 Å². The van der Waals surface area contributed by atoms with E-state index in [4.69, 9.17) is 18.9 Å². The molecule has 60 heavy (non-hydrogen) atoms. The van der Waals surface area contributed by atoms with Crippen molar-refractivity contribution >= 4 is 35.9 Å². The number of carbonyl (C=O) groups is 6. The zero-order valence-electron chi connectivity index (χ0n) is 35.9. The molecule has 2 aliphatic heterocycles. The first kappa shape index (κ1) is 47.2. The summed E-state index contributed by atoms with van der Waals surface area (Å²) in [7, 11) is 0. The number of piperidine rings is 1. The van der Waals surface area contributed by atoms with Crippen molar-refractivity contribution < 1.29 is 47.7 Å². The second-order valence-electron chi connectivity index (χ2n) is 17.1. The van der Waals surface area contributed by atoms with Crippen LogP contribution < -0.4 is 16.0 Å². The minimum atomic E-state index is -1.24. The Morgan fingerprint density at radius 3 is 2.08 bits per heavy atom. The first-order valence-electron chi connectivity index (χ1n) is 20.8. The van der Waals surface area contributed by atoms with E-state index in [1.165, 1.54) is 9.80 Å². The van der Waals surface area contributed by atoms with E-state index in [0.29, 0.717) is 38.6 Å². The Morgan fingerprint density at radius 1 is 0.833 bits per heavy atom. The standard InChI is InChI=1S/C45H63N5O10/c1-8-33-24-27-50(40(53)37(33)48-38(51)34(47-43(56)60-45(5,6)7)30-57-28-31-18-11-9-12-19-31)35(39(52)49-26-17-23-36(49)41(54)59-44(2,3)4)22-15-16-25-46-42(55)58-29-32-20-13-10-14-21-32/h8-14,18-21,33-37H,1,15-17,22-30H2,2-7H3,(H,46,55)(H,47,56)(H,48,51)/t33-,34+,35+,36+,37+/m1/s1. The summed E-state index contributed by atoms with van der Waals surface area (Å²) in [5.41, 5.74) is 0.108. The lowest BCUT2D eigenvalue weighted by Crippen LogP contribution is -2.64. The summed E-state index contributed by atoms with van der Waals surface area (Å²) in [6.45, 7) is 15.1. The van der Waals surface area contributed by atoms with E-state index in [1.807, 2.05) is 60.7 Å². The van der Waals surface area contributed by atoms with E-state index in [9.17, 15) is 28.8 Å².